The molecule has 1 heteroatoms. The van der Waals surface area contributed by atoms with Crippen molar-refractivity contribution in [3.63, 3.8) is 0 Å². The molecule has 0 spiro atoms. The zero-order valence-corrected chi connectivity index (χ0v) is 10.7. The van der Waals surface area contributed by atoms with E-state index in [2.05, 4.69) is 37.3 Å². The van der Waals surface area contributed by atoms with Gasteiger partial charge in [-0.15, -0.1) is 0 Å². The summed E-state index contributed by atoms with van der Waals surface area (Å²) in [7, 11) is 0. The molecule has 0 amide bonds. The molecule has 0 aliphatic heterocycles. The van der Waals surface area contributed by atoms with Crippen molar-refractivity contribution in [2.45, 2.75) is 45.4 Å². The van der Waals surface area contributed by atoms with Crippen LogP contribution < -0.4 is 4.74 Å². The Labute approximate surface area is 104 Å². The number of para-hydroxylation sites is 1. The lowest BCUT2D eigenvalue weighted by atomic mass is 9.91. The van der Waals surface area contributed by atoms with Gasteiger partial charge in [-0.25, -0.2) is 0 Å². The van der Waals surface area contributed by atoms with E-state index in [1.165, 1.54) is 49.7 Å². The first kappa shape index (κ1) is 12.2. The van der Waals surface area contributed by atoms with Crippen LogP contribution in [0.3, 0.4) is 0 Å². The summed E-state index contributed by atoms with van der Waals surface area (Å²) < 4.78 is 5.90. The van der Waals surface area contributed by atoms with Crippen LogP contribution in [-0.2, 0) is 0 Å². The van der Waals surface area contributed by atoms with E-state index >= 15 is 0 Å². The van der Waals surface area contributed by atoms with Crippen LogP contribution in [0.5, 0.6) is 5.75 Å². The average molecular weight is 230 g/mol. The van der Waals surface area contributed by atoms with Crippen molar-refractivity contribution in [2.24, 2.45) is 0 Å². The van der Waals surface area contributed by atoms with E-state index in [1.54, 1.807) is 0 Å². The lowest BCUT2D eigenvalue weighted by Crippen LogP contribution is -2.02. The lowest BCUT2D eigenvalue weighted by Gasteiger charge is -2.18. The van der Waals surface area contributed by atoms with Gasteiger partial charge in [0.15, 0.2) is 0 Å². The summed E-state index contributed by atoms with van der Waals surface area (Å²) >= 11 is 0. The summed E-state index contributed by atoms with van der Waals surface area (Å²) in [4.78, 5) is 0. The molecule has 0 atom stereocenters. The van der Waals surface area contributed by atoms with Crippen molar-refractivity contribution < 1.29 is 4.74 Å². The topological polar surface area (TPSA) is 9.23 Å². The van der Waals surface area contributed by atoms with Crippen LogP contribution in [-0.4, -0.2) is 6.61 Å². The van der Waals surface area contributed by atoms with Gasteiger partial charge in [-0.3, -0.25) is 0 Å². The summed E-state index contributed by atoms with van der Waals surface area (Å²) in [6.07, 6.45) is 9.78. The van der Waals surface area contributed by atoms with Gasteiger partial charge in [0.2, 0.25) is 0 Å². The Morgan fingerprint density at radius 2 is 1.94 bits per heavy atom. The normalized spacial score (nSPS) is 14.1. The zero-order valence-electron chi connectivity index (χ0n) is 10.7. The summed E-state index contributed by atoms with van der Waals surface area (Å²) in [5.74, 6) is 1.06. The molecule has 0 aromatic heterocycles. The van der Waals surface area contributed by atoms with Crippen LogP contribution in [0.15, 0.2) is 30.3 Å². The second kappa shape index (κ2) is 6.48. The predicted octanol–water partition coefficient (Wildman–Crippen LogP) is 4.82. The molecule has 0 radical (unpaired) electrons. The molecule has 1 nitrogen and oxygen atoms in total. The van der Waals surface area contributed by atoms with Gasteiger partial charge in [-0.05, 0) is 30.9 Å². The number of allylic oxidation sites excluding steroid dienone is 2. The second-order valence-corrected chi connectivity index (χ2v) is 4.67. The van der Waals surface area contributed by atoms with Gasteiger partial charge in [-0.1, -0.05) is 50.5 Å². The number of ether oxygens (including phenoxy) is 1. The smallest absolute Gasteiger partial charge is 0.126 e. The molecule has 0 fully saturated rings. The molecule has 17 heavy (non-hydrogen) atoms. The van der Waals surface area contributed by atoms with Crippen molar-refractivity contribution in [1.82, 2.24) is 0 Å². The second-order valence-electron chi connectivity index (χ2n) is 4.67. The van der Waals surface area contributed by atoms with E-state index in [0.717, 1.165) is 12.4 Å². The van der Waals surface area contributed by atoms with E-state index < -0.39 is 0 Å². The monoisotopic (exact) mass is 230 g/mol. The molecule has 0 bridgehead atoms. The number of hydrogen-bond acceptors (Lipinski definition) is 1. The number of benzene rings is 1. The van der Waals surface area contributed by atoms with E-state index in [0.29, 0.717) is 0 Å². The Hall–Kier alpha value is -1.24. The van der Waals surface area contributed by atoms with Crippen LogP contribution in [0.1, 0.15) is 51.0 Å². The third-order valence-electron chi connectivity index (χ3n) is 3.29. The molecule has 2 rings (SSSR count). The van der Waals surface area contributed by atoms with Crippen molar-refractivity contribution in [3.05, 3.63) is 35.9 Å². The largest absolute Gasteiger partial charge is 0.493 e. The molecule has 0 N–H and O–H groups in total. The Kier molecular flexibility index (Phi) is 4.66. The summed E-state index contributed by atoms with van der Waals surface area (Å²) in [5, 5.41) is 0. The number of rotatable bonds is 7. The van der Waals surface area contributed by atoms with Crippen LogP contribution >= 0.6 is 0 Å². The Morgan fingerprint density at radius 1 is 1.12 bits per heavy atom. The van der Waals surface area contributed by atoms with Gasteiger partial charge >= 0.3 is 0 Å². The first-order valence-corrected chi connectivity index (χ1v) is 6.83. The third kappa shape index (κ3) is 3.36. The van der Waals surface area contributed by atoms with Gasteiger partial charge in [0, 0.05) is 5.56 Å². The minimum absolute atomic E-state index is 0.851. The fraction of sp³-hybridized carbons (Fsp3) is 0.500. The van der Waals surface area contributed by atoms with Crippen molar-refractivity contribution in [3.8, 4) is 5.75 Å². The third-order valence-corrected chi connectivity index (χ3v) is 3.29. The standard InChI is InChI=1S/C16H22O/c1-2-3-4-7-13-17-16-12-6-5-11-15(16)14-9-8-10-14/h5-6,9,11-12H,2-4,7-8,10,13H2,1H3. The number of unbranched alkanes of at least 4 members (excludes halogenated alkanes) is 3. The molecule has 0 saturated carbocycles. The van der Waals surface area contributed by atoms with Crippen molar-refractivity contribution in [1.29, 1.82) is 0 Å². The van der Waals surface area contributed by atoms with Gasteiger partial charge in [0.25, 0.3) is 0 Å². The quantitative estimate of drug-likeness (QED) is 0.610. The first-order valence-electron chi connectivity index (χ1n) is 6.83. The summed E-state index contributed by atoms with van der Waals surface area (Å²) in [6, 6.07) is 8.42. The molecule has 92 valence electrons. The Morgan fingerprint density at radius 3 is 2.65 bits per heavy atom. The van der Waals surface area contributed by atoms with Crippen LogP contribution in [0.4, 0.5) is 0 Å². The van der Waals surface area contributed by atoms with Crippen LogP contribution in [0.25, 0.3) is 5.57 Å². The SMILES string of the molecule is CCCCCCOc1ccccc1C1=CCC1. The average Bonchev–Trinajstić information content (AvgIpc) is 2.29. The highest BCUT2D eigenvalue weighted by atomic mass is 16.5. The van der Waals surface area contributed by atoms with Gasteiger partial charge in [0.1, 0.15) is 5.75 Å². The highest BCUT2D eigenvalue weighted by Crippen LogP contribution is 2.34. The zero-order chi connectivity index (χ0) is 11.9. The van der Waals surface area contributed by atoms with E-state index in [4.69, 9.17) is 4.74 Å². The molecule has 0 heterocycles. The van der Waals surface area contributed by atoms with E-state index in [9.17, 15) is 0 Å². The molecule has 1 aromatic rings. The predicted molar refractivity (Wildman–Crippen MR) is 73.3 cm³/mol. The maximum atomic E-state index is 5.90. The molecule has 0 unspecified atom stereocenters. The fourth-order valence-corrected chi connectivity index (χ4v) is 2.10. The minimum atomic E-state index is 0.851. The number of hydrogen-bond donors (Lipinski definition) is 0. The van der Waals surface area contributed by atoms with Crippen LogP contribution in [0, 0.1) is 0 Å². The fourth-order valence-electron chi connectivity index (χ4n) is 2.10. The minimum Gasteiger partial charge on any atom is -0.493 e. The van der Waals surface area contributed by atoms with E-state index in [-0.39, 0.29) is 0 Å². The molecule has 1 aromatic carbocycles. The summed E-state index contributed by atoms with van der Waals surface area (Å²) in [6.45, 7) is 3.09. The first-order chi connectivity index (χ1) is 8.42. The Balaban J connectivity index is 1.87. The maximum absolute atomic E-state index is 5.90. The molecule has 0 saturated heterocycles. The summed E-state index contributed by atoms with van der Waals surface area (Å²) in [5.41, 5.74) is 2.75. The van der Waals surface area contributed by atoms with Crippen molar-refractivity contribution in [2.75, 3.05) is 6.61 Å². The van der Waals surface area contributed by atoms with Crippen LogP contribution in [0.2, 0.25) is 0 Å². The molecule has 1 aliphatic rings. The van der Waals surface area contributed by atoms with Gasteiger partial charge < -0.3 is 4.74 Å². The maximum Gasteiger partial charge on any atom is 0.126 e. The van der Waals surface area contributed by atoms with Gasteiger partial charge in [0.05, 0.1) is 6.61 Å². The Bertz CT molecular complexity index is 379. The van der Waals surface area contributed by atoms with Gasteiger partial charge in [-0.2, -0.15) is 0 Å². The van der Waals surface area contributed by atoms with E-state index in [1.807, 2.05) is 0 Å². The highest BCUT2D eigenvalue weighted by Gasteiger charge is 2.12. The molecular formula is C16H22O. The lowest BCUT2D eigenvalue weighted by molar-refractivity contribution is 0.304. The molecular weight excluding hydrogens is 208 g/mol. The highest BCUT2D eigenvalue weighted by molar-refractivity contribution is 5.74. The molecule has 1 aliphatic carbocycles. The van der Waals surface area contributed by atoms with Crippen molar-refractivity contribution >= 4 is 5.57 Å².